The lowest BCUT2D eigenvalue weighted by Gasteiger charge is -2.42. The lowest BCUT2D eigenvalue weighted by molar-refractivity contribution is -0.168. The molecule has 2 fully saturated rings. The van der Waals surface area contributed by atoms with Crippen molar-refractivity contribution in [2.24, 2.45) is 22.5 Å². The zero-order chi connectivity index (χ0) is 21.4. The molecule has 158 valence electrons. The van der Waals surface area contributed by atoms with Crippen LogP contribution >= 0.6 is 0 Å². The van der Waals surface area contributed by atoms with Crippen LogP contribution in [0.2, 0.25) is 0 Å². The van der Waals surface area contributed by atoms with Crippen LogP contribution in [0, 0.1) is 16.7 Å². The zero-order valence-electron chi connectivity index (χ0n) is 17.2. The first kappa shape index (κ1) is 21.3. The number of nitrogens with two attached hydrogens (primary N) is 1. The smallest absolute Gasteiger partial charge is 0.333 e. The fourth-order valence-corrected chi connectivity index (χ4v) is 5.19. The summed E-state index contributed by atoms with van der Waals surface area (Å²) in [7, 11) is 0. The molecule has 1 unspecified atom stereocenters. The minimum absolute atomic E-state index is 0.0607. The number of hydrogen-bond donors (Lipinski definition) is 3. The number of hydrogen-bond acceptors (Lipinski definition) is 5. The van der Waals surface area contributed by atoms with Crippen LogP contribution in [0.3, 0.4) is 0 Å². The number of benzene rings is 1. The molecule has 2 bridgehead atoms. The monoisotopic (exact) mass is 402 g/mol. The van der Waals surface area contributed by atoms with Gasteiger partial charge in [0.2, 0.25) is 5.91 Å². The second-order valence-electron chi connectivity index (χ2n) is 9.29. The molecule has 0 aliphatic heterocycles. The topological polar surface area (TPSA) is 119 Å². The highest BCUT2D eigenvalue weighted by Gasteiger charge is 2.61. The molecule has 2 aliphatic rings. The molecule has 29 heavy (non-hydrogen) atoms. The van der Waals surface area contributed by atoms with E-state index in [1.54, 1.807) is 24.3 Å². The maximum absolute atomic E-state index is 13.2. The number of carbonyl (C=O) groups is 3. The number of rotatable bonds is 7. The van der Waals surface area contributed by atoms with E-state index in [0.717, 1.165) is 19.3 Å². The molecule has 1 amide bonds. The van der Waals surface area contributed by atoms with Crippen molar-refractivity contribution in [3.05, 3.63) is 35.9 Å². The lowest BCUT2D eigenvalue weighted by Crippen LogP contribution is -2.48. The number of fused-ring (bicyclic) bond motifs is 2. The van der Waals surface area contributed by atoms with Crippen LogP contribution < -0.4 is 11.1 Å². The van der Waals surface area contributed by atoms with Crippen molar-refractivity contribution in [2.75, 3.05) is 0 Å². The van der Waals surface area contributed by atoms with Gasteiger partial charge in [0, 0.05) is 10.8 Å². The highest BCUT2D eigenvalue weighted by molar-refractivity contribution is 5.90. The predicted molar refractivity (Wildman–Crippen MR) is 107 cm³/mol. The van der Waals surface area contributed by atoms with Crippen LogP contribution in [-0.2, 0) is 19.1 Å². The Hall–Kier alpha value is -2.41. The SMILES string of the molecule is CC1(C)C2CC[C@@](C)(C2)[C@@H]1OC(=O)[C@H](NC(=O)[C@@H](N)CC(=O)O)c1ccccc1. The van der Waals surface area contributed by atoms with Gasteiger partial charge in [-0.3, -0.25) is 9.59 Å². The van der Waals surface area contributed by atoms with Crippen molar-refractivity contribution in [1.29, 1.82) is 0 Å². The standard InChI is InChI=1S/C22H30N2O5/c1-21(2)14-9-10-22(3,12-14)20(21)29-19(28)17(13-7-5-4-6-8-13)24-18(27)15(23)11-16(25)26/h4-8,14-15,17,20H,9-12,23H2,1-3H3,(H,24,27)(H,25,26)/t14?,15-,17+,20+,22-/m0/s1. The summed E-state index contributed by atoms with van der Waals surface area (Å²) < 4.78 is 6.03. The van der Waals surface area contributed by atoms with E-state index in [9.17, 15) is 14.4 Å². The highest BCUT2D eigenvalue weighted by Crippen LogP contribution is 2.63. The van der Waals surface area contributed by atoms with Gasteiger partial charge in [-0.05, 0) is 30.7 Å². The van der Waals surface area contributed by atoms with Gasteiger partial charge < -0.3 is 20.9 Å². The van der Waals surface area contributed by atoms with Gasteiger partial charge >= 0.3 is 11.9 Å². The molecule has 7 nitrogen and oxygen atoms in total. The summed E-state index contributed by atoms with van der Waals surface area (Å²) in [6, 6.07) is 6.50. The van der Waals surface area contributed by atoms with Gasteiger partial charge in [-0.1, -0.05) is 51.1 Å². The molecule has 1 aromatic rings. The molecule has 0 spiro atoms. The Kier molecular flexibility index (Phi) is 5.72. The van der Waals surface area contributed by atoms with Gasteiger partial charge in [0.25, 0.3) is 0 Å². The third-order valence-corrected chi connectivity index (χ3v) is 6.76. The Bertz CT molecular complexity index is 789. The van der Waals surface area contributed by atoms with Crippen molar-refractivity contribution < 1.29 is 24.2 Å². The van der Waals surface area contributed by atoms with E-state index in [2.05, 4.69) is 26.1 Å². The van der Waals surface area contributed by atoms with E-state index in [1.807, 2.05) is 6.07 Å². The third-order valence-electron chi connectivity index (χ3n) is 6.76. The third kappa shape index (κ3) is 4.15. The summed E-state index contributed by atoms with van der Waals surface area (Å²) in [5, 5.41) is 11.5. The molecule has 3 rings (SSSR count). The molecule has 4 N–H and O–H groups in total. The van der Waals surface area contributed by atoms with E-state index in [-0.39, 0.29) is 16.9 Å². The lowest BCUT2D eigenvalue weighted by atomic mass is 9.70. The number of carboxylic acid groups (broad SMARTS) is 1. The van der Waals surface area contributed by atoms with Crippen LogP contribution in [0.5, 0.6) is 0 Å². The molecular formula is C22H30N2O5. The minimum Gasteiger partial charge on any atom is -0.481 e. The maximum atomic E-state index is 13.2. The zero-order valence-corrected chi connectivity index (χ0v) is 17.2. The maximum Gasteiger partial charge on any atom is 0.333 e. The predicted octanol–water partition coefficient (Wildman–Crippen LogP) is 2.40. The van der Waals surface area contributed by atoms with Crippen LogP contribution in [-0.4, -0.2) is 35.1 Å². The number of aliphatic carboxylic acids is 1. The van der Waals surface area contributed by atoms with E-state index >= 15 is 0 Å². The van der Waals surface area contributed by atoms with Gasteiger partial charge in [0.15, 0.2) is 6.04 Å². The molecule has 0 saturated heterocycles. The van der Waals surface area contributed by atoms with Crippen LogP contribution in [0.4, 0.5) is 0 Å². The molecule has 7 heteroatoms. The second-order valence-corrected chi connectivity index (χ2v) is 9.29. The van der Waals surface area contributed by atoms with Gasteiger partial charge in [-0.25, -0.2) is 4.79 Å². The number of ether oxygens (including phenoxy) is 1. The van der Waals surface area contributed by atoms with Crippen LogP contribution in [0.15, 0.2) is 30.3 Å². The Labute approximate surface area is 171 Å². The van der Waals surface area contributed by atoms with E-state index in [4.69, 9.17) is 15.6 Å². The van der Waals surface area contributed by atoms with Crippen molar-refractivity contribution in [1.82, 2.24) is 5.32 Å². The molecule has 0 aromatic heterocycles. The fraction of sp³-hybridized carbons (Fsp3) is 0.591. The van der Waals surface area contributed by atoms with E-state index in [1.165, 1.54) is 0 Å². The van der Waals surface area contributed by atoms with Crippen LogP contribution in [0.25, 0.3) is 0 Å². The van der Waals surface area contributed by atoms with Gasteiger partial charge in [-0.2, -0.15) is 0 Å². The number of carboxylic acids is 1. The summed E-state index contributed by atoms with van der Waals surface area (Å²) in [5.74, 6) is -1.90. The largest absolute Gasteiger partial charge is 0.481 e. The minimum atomic E-state index is -1.25. The van der Waals surface area contributed by atoms with Crippen molar-refractivity contribution in [3.63, 3.8) is 0 Å². The average molecular weight is 402 g/mol. The average Bonchev–Trinajstić information content (AvgIpc) is 3.14. The summed E-state index contributed by atoms with van der Waals surface area (Å²) >= 11 is 0. The second kappa shape index (κ2) is 7.78. The first-order valence-corrected chi connectivity index (χ1v) is 10.1. The van der Waals surface area contributed by atoms with Gasteiger partial charge in [0.1, 0.15) is 6.10 Å². The quantitative estimate of drug-likeness (QED) is 0.603. The van der Waals surface area contributed by atoms with Crippen molar-refractivity contribution >= 4 is 17.8 Å². The first-order chi connectivity index (χ1) is 13.5. The molecular weight excluding hydrogens is 372 g/mol. The van der Waals surface area contributed by atoms with E-state index < -0.39 is 36.4 Å². The molecule has 0 heterocycles. The molecule has 0 radical (unpaired) electrons. The molecule has 2 saturated carbocycles. The Morgan fingerprint density at radius 2 is 1.90 bits per heavy atom. The normalized spacial score (nSPS) is 29.1. The van der Waals surface area contributed by atoms with Crippen LogP contribution in [0.1, 0.15) is 58.1 Å². The Balaban J connectivity index is 1.80. The summed E-state index contributed by atoms with van der Waals surface area (Å²) in [4.78, 5) is 36.5. The molecule has 5 atom stereocenters. The Morgan fingerprint density at radius 3 is 2.45 bits per heavy atom. The number of amides is 1. The van der Waals surface area contributed by atoms with Gasteiger partial charge in [-0.15, -0.1) is 0 Å². The fourth-order valence-electron chi connectivity index (χ4n) is 5.19. The summed E-state index contributed by atoms with van der Waals surface area (Å²) in [6.07, 6.45) is 2.43. The molecule has 1 aromatic carbocycles. The van der Waals surface area contributed by atoms with Gasteiger partial charge in [0.05, 0.1) is 12.5 Å². The number of esters is 1. The highest BCUT2D eigenvalue weighted by atomic mass is 16.5. The Morgan fingerprint density at radius 1 is 1.24 bits per heavy atom. The number of nitrogens with one attached hydrogen (secondary N) is 1. The molecule has 2 aliphatic carbocycles. The summed E-state index contributed by atoms with van der Waals surface area (Å²) in [5.41, 5.74) is 6.05. The summed E-state index contributed by atoms with van der Waals surface area (Å²) in [6.45, 7) is 6.44. The van der Waals surface area contributed by atoms with Crippen molar-refractivity contribution in [2.45, 2.75) is 64.6 Å². The van der Waals surface area contributed by atoms with E-state index in [0.29, 0.717) is 11.5 Å². The number of carbonyl (C=O) groups excluding carboxylic acids is 2. The first-order valence-electron chi connectivity index (χ1n) is 10.1. The van der Waals surface area contributed by atoms with Crippen molar-refractivity contribution in [3.8, 4) is 0 Å².